The smallest absolute Gasteiger partial charge is 0.359 e. The maximum Gasteiger partial charge on any atom is 0.359 e. The molecule has 0 saturated heterocycles. The molecule has 0 amide bonds. The Morgan fingerprint density at radius 3 is 2.62 bits per heavy atom. The standard InChI is InChI=1S/C18H24N4O4/c19-10-1-11-25-14-6-2-12(3-7-14)13-4-8-15(9-5-13)26-17-16(18(23)24)20-22-21-17/h2-3,6-7,13,15H,1,4-5,8-11,19H2,(H,23,24)(H,20,21,22)/t13-,15-. The summed E-state index contributed by atoms with van der Waals surface area (Å²) in [6, 6.07) is 8.24. The van der Waals surface area contributed by atoms with E-state index in [0.717, 1.165) is 37.9 Å². The second-order valence-corrected chi connectivity index (χ2v) is 6.45. The van der Waals surface area contributed by atoms with E-state index in [1.165, 1.54) is 5.56 Å². The van der Waals surface area contributed by atoms with Crippen molar-refractivity contribution in [1.82, 2.24) is 15.4 Å². The first-order valence-corrected chi connectivity index (χ1v) is 8.91. The number of ether oxygens (including phenoxy) is 2. The molecule has 0 spiro atoms. The van der Waals surface area contributed by atoms with Gasteiger partial charge in [0.05, 0.1) is 6.61 Å². The first kappa shape index (κ1) is 18.2. The van der Waals surface area contributed by atoms with Crippen LogP contribution in [0.5, 0.6) is 11.6 Å². The Morgan fingerprint density at radius 1 is 1.23 bits per heavy atom. The fourth-order valence-electron chi connectivity index (χ4n) is 3.22. The van der Waals surface area contributed by atoms with Crippen molar-refractivity contribution in [3.8, 4) is 11.6 Å². The third-order valence-electron chi connectivity index (χ3n) is 4.65. The molecule has 1 heterocycles. The number of hydrogen-bond donors (Lipinski definition) is 3. The Hall–Kier alpha value is -2.61. The van der Waals surface area contributed by atoms with Crippen LogP contribution in [0.15, 0.2) is 24.3 Å². The second-order valence-electron chi connectivity index (χ2n) is 6.45. The van der Waals surface area contributed by atoms with E-state index < -0.39 is 5.97 Å². The molecule has 0 atom stereocenters. The van der Waals surface area contributed by atoms with Crippen molar-refractivity contribution >= 4 is 5.97 Å². The maximum absolute atomic E-state index is 11.1. The number of carbonyl (C=O) groups is 1. The molecule has 1 aromatic carbocycles. The summed E-state index contributed by atoms with van der Waals surface area (Å²) >= 11 is 0. The summed E-state index contributed by atoms with van der Waals surface area (Å²) in [5.41, 5.74) is 6.66. The molecule has 0 aliphatic heterocycles. The van der Waals surface area contributed by atoms with Gasteiger partial charge in [-0.3, -0.25) is 0 Å². The van der Waals surface area contributed by atoms with E-state index in [1.807, 2.05) is 12.1 Å². The first-order chi connectivity index (χ1) is 12.7. The fraction of sp³-hybridized carbons (Fsp3) is 0.500. The predicted molar refractivity (Wildman–Crippen MR) is 94.6 cm³/mol. The third kappa shape index (κ3) is 4.51. The van der Waals surface area contributed by atoms with Gasteiger partial charge in [-0.05, 0) is 62.3 Å². The monoisotopic (exact) mass is 360 g/mol. The number of aromatic nitrogens is 3. The van der Waals surface area contributed by atoms with E-state index in [1.54, 1.807) is 0 Å². The number of nitrogens with two attached hydrogens (primary N) is 1. The Kier molecular flexibility index (Phi) is 6.06. The average molecular weight is 360 g/mol. The summed E-state index contributed by atoms with van der Waals surface area (Å²) in [6.45, 7) is 1.27. The van der Waals surface area contributed by atoms with Crippen LogP contribution in [0.2, 0.25) is 0 Å². The SMILES string of the molecule is NCCCOc1ccc([C@H]2CC[C@H](Oc3nn[nH]c3C(=O)O)CC2)cc1. The molecule has 0 bridgehead atoms. The van der Waals surface area contributed by atoms with Crippen LogP contribution in [0.1, 0.15) is 54.1 Å². The van der Waals surface area contributed by atoms with Crippen LogP contribution in [0, 0.1) is 0 Å². The van der Waals surface area contributed by atoms with Gasteiger partial charge in [0.15, 0.2) is 0 Å². The molecule has 26 heavy (non-hydrogen) atoms. The number of nitrogens with one attached hydrogen (secondary N) is 1. The summed E-state index contributed by atoms with van der Waals surface area (Å²) < 4.78 is 11.4. The third-order valence-corrected chi connectivity index (χ3v) is 4.65. The van der Waals surface area contributed by atoms with Crippen molar-refractivity contribution in [3.05, 3.63) is 35.5 Å². The Balaban J connectivity index is 1.50. The highest BCUT2D eigenvalue weighted by Crippen LogP contribution is 2.35. The number of H-pyrrole nitrogens is 1. The largest absolute Gasteiger partial charge is 0.494 e. The number of rotatable bonds is 8. The van der Waals surface area contributed by atoms with Crippen molar-refractivity contribution in [2.24, 2.45) is 5.73 Å². The highest BCUT2D eigenvalue weighted by molar-refractivity contribution is 5.87. The van der Waals surface area contributed by atoms with Gasteiger partial charge in [0, 0.05) is 0 Å². The topological polar surface area (TPSA) is 123 Å². The highest BCUT2D eigenvalue weighted by Gasteiger charge is 2.26. The van der Waals surface area contributed by atoms with Crippen LogP contribution in [-0.4, -0.2) is 45.7 Å². The summed E-state index contributed by atoms with van der Waals surface area (Å²) in [4.78, 5) is 11.1. The molecule has 140 valence electrons. The van der Waals surface area contributed by atoms with Gasteiger partial charge in [-0.25, -0.2) is 9.89 Å². The minimum absolute atomic E-state index is 0.0340. The zero-order valence-corrected chi connectivity index (χ0v) is 14.6. The Bertz CT molecular complexity index is 708. The molecule has 8 heteroatoms. The molecule has 4 N–H and O–H groups in total. The summed E-state index contributed by atoms with van der Waals surface area (Å²) in [7, 11) is 0. The van der Waals surface area contributed by atoms with Gasteiger partial charge >= 0.3 is 5.97 Å². The Labute approximate surface area is 151 Å². The van der Waals surface area contributed by atoms with Crippen molar-refractivity contribution in [3.63, 3.8) is 0 Å². The van der Waals surface area contributed by atoms with E-state index in [4.69, 9.17) is 20.3 Å². The highest BCUT2D eigenvalue weighted by atomic mass is 16.5. The van der Waals surface area contributed by atoms with Gasteiger partial charge in [0.1, 0.15) is 11.9 Å². The number of carboxylic acid groups (broad SMARTS) is 1. The van der Waals surface area contributed by atoms with Gasteiger partial charge in [-0.15, -0.1) is 0 Å². The number of hydrogen-bond acceptors (Lipinski definition) is 6. The number of aromatic carboxylic acids is 1. The number of carboxylic acids is 1. The summed E-state index contributed by atoms with van der Waals surface area (Å²) in [5.74, 6) is 0.294. The van der Waals surface area contributed by atoms with E-state index in [2.05, 4.69) is 27.5 Å². The number of nitrogens with zero attached hydrogens (tertiary/aromatic N) is 2. The molecular weight excluding hydrogens is 336 g/mol. The molecule has 2 aromatic rings. The van der Waals surface area contributed by atoms with Crippen molar-refractivity contribution < 1.29 is 19.4 Å². The molecule has 1 aliphatic carbocycles. The summed E-state index contributed by atoms with van der Waals surface area (Å²) in [5, 5.41) is 18.6. The number of aromatic amines is 1. The minimum atomic E-state index is -1.12. The molecular formula is C18H24N4O4. The molecule has 1 aromatic heterocycles. The molecule has 0 radical (unpaired) electrons. The van der Waals surface area contributed by atoms with Crippen LogP contribution in [0.3, 0.4) is 0 Å². The zero-order valence-electron chi connectivity index (χ0n) is 14.6. The van der Waals surface area contributed by atoms with E-state index in [-0.39, 0.29) is 17.7 Å². The Morgan fingerprint density at radius 2 is 1.96 bits per heavy atom. The van der Waals surface area contributed by atoms with Gasteiger partial charge in [0.2, 0.25) is 5.69 Å². The fourth-order valence-corrected chi connectivity index (χ4v) is 3.22. The normalized spacial score (nSPS) is 19.9. The molecule has 3 rings (SSSR count). The van der Waals surface area contributed by atoms with Gasteiger partial charge in [-0.2, -0.15) is 0 Å². The van der Waals surface area contributed by atoms with Gasteiger partial charge < -0.3 is 20.3 Å². The van der Waals surface area contributed by atoms with Crippen LogP contribution < -0.4 is 15.2 Å². The first-order valence-electron chi connectivity index (χ1n) is 8.91. The van der Waals surface area contributed by atoms with Gasteiger partial charge in [-0.1, -0.05) is 22.4 Å². The van der Waals surface area contributed by atoms with Crippen molar-refractivity contribution in [2.75, 3.05) is 13.2 Å². The predicted octanol–water partition coefficient (Wildman–Crippen LogP) is 2.34. The molecule has 0 unspecified atom stereocenters. The molecule has 8 nitrogen and oxygen atoms in total. The van der Waals surface area contributed by atoms with Crippen LogP contribution in [-0.2, 0) is 0 Å². The molecule has 1 aliphatic rings. The number of benzene rings is 1. The molecule has 1 saturated carbocycles. The van der Waals surface area contributed by atoms with Crippen molar-refractivity contribution in [2.45, 2.75) is 44.1 Å². The molecule has 1 fully saturated rings. The van der Waals surface area contributed by atoms with E-state index >= 15 is 0 Å². The maximum atomic E-state index is 11.1. The van der Waals surface area contributed by atoms with Crippen molar-refractivity contribution in [1.29, 1.82) is 0 Å². The lowest BCUT2D eigenvalue weighted by atomic mass is 9.83. The lowest BCUT2D eigenvalue weighted by Crippen LogP contribution is -2.24. The zero-order chi connectivity index (χ0) is 18.4. The van der Waals surface area contributed by atoms with E-state index in [9.17, 15) is 4.79 Å². The minimum Gasteiger partial charge on any atom is -0.494 e. The van der Waals surface area contributed by atoms with Gasteiger partial charge in [0.25, 0.3) is 5.88 Å². The van der Waals surface area contributed by atoms with Crippen LogP contribution in [0.25, 0.3) is 0 Å². The lowest BCUT2D eigenvalue weighted by molar-refractivity contribution is 0.0678. The second kappa shape index (κ2) is 8.66. The van der Waals surface area contributed by atoms with Crippen LogP contribution in [0.4, 0.5) is 0 Å². The van der Waals surface area contributed by atoms with Crippen LogP contribution >= 0.6 is 0 Å². The average Bonchev–Trinajstić information content (AvgIpc) is 3.12. The van der Waals surface area contributed by atoms with E-state index in [0.29, 0.717) is 19.1 Å². The lowest BCUT2D eigenvalue weighted by Gasteiger charge is -2.28. The quantitative estimate of drug-likeness (QED) is 0.617. The summed E-state index contributed by atoms with van der Waals surface area (Å²) in [6.07, 6.45) is 4.49.